The molecule has 0 radical (unpaired) electrons. The molecule has 0 aliphatic carbocycles. The normalized spacial score (nSPS) is 11.5. The van der Waals surface area contributed by atoms with Crippen molar-refractivity contribution in [1.82, 2.24) is 0 Å². The lowest BCUT2D eigenvalue weighted by Gasteiger charge is -2.05. The van der Waals surface area contributed by atoms with Crippen LogP contribution >= 0.6 is 0 Å². The van der Waals surface area contributed by atoms with Crippen molar-refractivity contribution in [3.63, 3.8) is 0 Å². The summed E-state index contributed by atoms with van der Waals surface area (Å²) >= 11 is 0. The smallest absolute Gasteiger partial charge is 0.178 e. The van der Waals surface area contributed by atoms with Crippen molar-refractivity contribution in [2.24, 2.45) is 0 Å². The van der Waals surface area contributed by atoms with Gasteiger partial charge in [0.15, 0.2) is 9.84 Å². The summed E-state index contributed by atoms with van der Waals surface area (Å²) in [6.45, 7) is 5.70. The number of hydrogen-bond donors (Lipinski definition) is 0. The van der Waals surface area contributed by atoms with Gasteiger partial charge in [0.05, 0.1) is 10.6 Å². The van der Waals surface area contributed by atoms with Gasteiger partial charge < -0.3 is 0 Å². The number of unbranched alkanes of at least 4 members (excludes halogenated alkanes) is 9. The van der Waals surface area contributed by atoms with Crippen LogP contribution in [0.1, 0.15) is 69.8 Å². The molecule has 0 atom stereocenters. The van der Waals surface area contributed by atoms with Gasteiger partial charge in [0.2, 0.25) is 0 Å². The third-order valence-corrected chi connectivity index (χ3v) is 6.02. The van der Waals surface area contributed by atoms with Gasteiger partial charge in [0.25, 0.3) is 0 Å². The first kappa shape index (κ1) is 20.0. The van der Waals surface area contributed by atoms with E-state index in [0.717, 1.165) is 31.2 Å². The Morgan fingerprint density at radius 3 is 1.83 bits per heavy atom. The Hall–Kier alpha value is -1.09. The number of benzene rings is 1. The molecule has 3 heteroatoms. The lowest BCUT2D eigenvalue weighted by molar-refractivity contribution is 0.561. The summed E-state index contributed by atoms with van der Waals surface area (Å²) in [5, 5.41) is 0. The molecule has 23 heavy (non-hydrogen) atoms. The molecular formula is C20H32O2S. The fourth-order valence-corrected chi connectivity index (χ4v) is 4.05. The summed E-state index contributed by atoms with van der Waals surface area (Å²) in [6.07, 6.45) is 13.8. The Morgan fingerprint density at radius 2 is 1.30 bits per heavy atom. The second-order valence-corrected chi connectivity index (χ2v) is 8.50. The predicted octanol–water partition coefficient (Wildman–Crippen LogP) is 5.86. The van der Waals surface area contributed by atoms with Crippen LogP contribution in [0.25, 0.3) is 0 Å². The van der Waals surface area contributed by atoms with Crippen molar-refractivity contribution in [2.75, 3.05) is 5.75 Å². The van der Waals surface area contributed by atoms with Crippen LogP contribution in [0.15, 0.2) is 41.8 Å². The summed E-state index contributed by atoms with van der Waals surface area (Å²) in [5.74, 6) is 0.275. The first-order chi connectivity index (χ1) is 11.1. The van der Waals surface area contributed by atoms with E-state index in [1.54, 1.807) is 12.1 Å². The minimum atomic E-state index is -3.10. The lowest BCUT2D eigenvalue weighted by Crippen LogP contribution is -2.06. The molecule has 0 aliphatic heterocycles. The largest absolute Gasteiger partial charge is 0.224 e. The van der Waals surface area contributed by atoms with Crippen LogP contribution in [0, 0.1) is 6.92 Å². The van der Waals surface area contributed by atoms with Crippen LogP contribution in [0.3, 0.4) is 0 Å². The first-order valence-corrected chi connectivity index (χ1v) is 10.6. The molecule has 0 aromatic heterocycles. The monoisotopic (exact) mass is 336 g/mol. The maximum Gasteiger partial charge on any atom is 0.178 e. The van der Waals surface area contributed by atoms with Gasteiger partial charge in [-0.05, 0) is 38.3 Å². The minimum absolute atomic E-state index is 0.275. The highest BCUT2D eigenvalue weighted by Gasteiger charge is 2.13. The lowest BCUT2D eigenvalue weighted by atomic mass is 10.1. The molecule has 0 aliphatic rings. The minimum Gasteiger partial charge on any atom is -0.224 e. The Kier molecular flexibility index (Phi) is 9.93. The molecule has 1 aromatic rings. The van der Waals surface area contributed by atoms with Gasteiger partial charge in [-0.2, -0.15) is 0 Å². The zero-order chi connectivity index (χ0) is 17.0. The zero-order valence-corrected chi connectivity index (χ0v) is 15.4. The highest BCUT2D eigenvalue weighted by Crippen LogP contribution is 2.15. The number of allylic oxidation sites excluding steroid dienone is 1. The second kappa shape index (κ2) is 11.4. The standard InChI is InChI=1S/C20H32O2S/c1-3-4-5-6-7-8-9-10-11-12-13-18-23(21,22)20-16-14-19(2)15-17-20/h3,14-17H,1,4-13,18H2,2H3. The van der Waals surface area contributed by atoms with Gasteiger partial charge in [0, 0.05) is 0 Å². The van der Waals surface area contributed by atoms with Gasteiger partial charge in [-0.25, -0.2) is 8.42 Å². The molecule has 0 bridgehead atoms. The van der Waals surface area contributed by atoms with Crippen LogP contribution in [0.2, 0.25) is 0 Å². The predicted molar refractivity (Wildman–Crippen MR) is 99.6 cm³/mol. The Bertz CT molecular complexity index is 529. The van der Waals surface area contributed by atoms with E-state index in [1.807, 2.05) is 25.1 Å². The van der Waals surface area contributed by atoms with Crippen molar-refractivity contribution in [2.45, 2.75) is 76.0 Å². The van der Waals surface area contributed by atoms with Gasteiger partial charge in [-0.1, -0.05) is 68.7 Å². The van der Waals surface area contributed by atoms with Crippen molar-refractivity contribution in [3.8, 4) is 0 Å². The van der Waals surface area contributed by atoms with Gasteiger partial charge in [-0.3, -0.25) is 0 Å². The average Bonchev–Trinajstić information content (AvgIpc) is 2.53. The highest BCUT2D eigenvalue weighted by atomic mass is 32.2. The fraction of sp³-hybridized carbons (Fsp3) is 0.600. The van der Waals surface area contributed by atoms with Crippen molar-refractivity contribution >= 4 is 9.84 Å². The van der Waals surface area contributed by atoms with Gasteiger partial charge in [-0.15, -0.1) is 6.58 Å². The average molecular weight is 337 g/mol. The van der Waals surface area contributed by atoms with Crippen molar-refractivity contribution in [1.29, 1.82) is 0 Å². The maximum absolute atomic E-state index is 12.2. The van der Waals surface area contributed by atoms with Crippen LogP contribution in [-0.2, 0) is 9.84 Å². The Labute approximate surface area is 142 Å². The van der Waals surface area contributed by atoms with E-state index in [2.05, 4.69) is 6.58 Å². The molecule has 0 heterocycles. The van der Waals surface area contributed by atoms with Crippen LogP contribution in [-0.4, -0.2) is 14.2 Å². The third kappa shape index (κ3) is 8.95. The van der Waals surface area contributed by atoms with E-state index in [-0.39, 0.29) is 5.75 Å². The Balaban J connectivity index is 2.06. The van der Waals surface area contributed by atoms with E-state index in [1.165, 1.54) is 38.5 Å². The third-order valence-electron chi connectivity index (χ3n) is 4.20. The molecule has 130 valence electrons. The summed E-state index contributed by atoms with van der Waals surface area (Å²) in [6, 6.07) is 7.16. The zero-order valence-electron chi connectivity index (χ0n) is 14.6. The molecule has 0 saturated heterocycles. The molecule has 0 saturated carbocycles. The van der Waals surface area contributed by atoms with Crippen LogP contribution < -0.4 is 0 Å². The molecule has 2 nitrogen and oxygen atoms in total. The first-order valence-electron chi connectivity index (χ1n) is 8.96. The van der Waals surface area contributed by atoms with E-state index < -0.39 is 9.84 Å². The summed E-state index contributed by atoms with van der Waals surface area (Å²) in [5.41, 5.74) is 1.09. The van der Waals surface area contributed by atoms with E-state index in [4.69, 9.17) is 0 Å². The highest BCUT2D eigenvalue weighted by molar-refractivity contribution is 7.91. The maximum atomic E-state index is 12.2. The number of rotatable bonds is 13. The second-order valence-electron chi connectivity index (χ2n) is 6.39. The summed E-state index contributed by atoms with van der Waals surface area (Å²) in [4.78, 5) is 0.461. The number of aryl methyl sites for hydroxylation is 1. The molecule has 0 fully saturated rings. The molecule has 0 amide bonds. The van der Waals surface area contributed by atoms with Gasteiger partial charge in [0.1, 0.15) is 0 Å². The van der Waals surface area contributed by atoms with E-state index in [0.29, 0.717) is 4.90 Å². The SMILES string of the molecule is C=CCCCCCCCCCCCS(=O)(=O)c1ccc(C)cc1. The van der Waals surface area contributed by atoms with Crippen LogP contribution in [0.5, 0.6) is 0 Å². The molecule has 1 rings (SSSR count). The molecule has 0 N–H and O–H groups in total. The summed E-state index contributed by atoms with van der Waals surface area (Å²) < 4.78 is 24.4. The van der Waals surface area contributed by atoms with Crippen molar-refractivity contribution < 1.29 is 8.42 Å². The topological polar surface area (TPSA) is 34.1 Å². The number of sulfone groups is 1. The van der Waals surface area contributed by atoms with Crippen LogP contribution in [0.4, 0.5) is 0 Å². The molecule has 0 unspecified atom stereocenters. The Morgan fingerprint density at radius 1 is 0.826 bits per heavy atom. The van der Waals surface area contributed by atoms with E-state index >= 15 is 0 Å². The van der Waals surface area contributed by atoms with E-state index in [9.17, 15) is 8.42 Å². The summed E-state index contributed by atoms with van der Waals surface area (Å²) in [7, 11) is -3.10. The van der Waals surface area contributed by atoms with Gasteiger partial charge >= 0.3 is 0 Å². The quantitative estimate of drug-likeness (QED) is 0.334. The van der Waals surface area contributed by atoms with Crippen molar-refractivity contribution in [3.05, 3.63) is 42.5 Å². The fourth-order valence-electron chi connectivity index (χ4n) is 2.68. The molecule has 0 spiro atoms. The molecular weight excluding hydrogens is 304 g/mol. The molecule has 1 aromatic carbocycles. The number of hydrogen-bond acceptors (Lipinski definition) is 2.